The van der Waals surface area contributed by atoms with Crippen molar-refractivity contribution in [1.29, 1.82) is 0 Å². The van der Waals surface area contributed by atoms with Crippen LogP contribution >= 0.6 is 0 Å². The number of carbonyl (C=O) groups is 1. The SMILES string of the molecule is COc1ccc(C(=O)Nc2ccn(C(C)C)c(=O)n2)cc1. The molecule has 0 unspecified atom stereocenters. The lowest BCUT2D eigenvalue weighted by Crippen LogP contribution is -2.25. The Hall–Kier alpha value is -2.63. The molecule has 1 heterocycles. The molecular weight excluding hydrogens is 270 g/mol. The second-order valence-corrected chi connectivity index (χ2v) is 4.78. The lowest BCUT2D eigenvalue weighted by atomic mass is 10.2. The standard InChI is InChI=1S/C15H17N3O3/c1-10(2)18-9-8-13(17-15(18)20)16-14(19)11-4-6-12(21-3)7-5-11/h4-10H,1-3H3,(H,16,17,19,20). The summed E-state index contributed by atoms with van der Waals surface area (Å²) in [6, 6.07) is 8.30. The molecule has 1 aromatic carbocycles. The maximum Gasteiger partial charge on any atom is 0.349 e. The summed E-state index contributed by atoms with van der Waals surface area (Å²) in [5, 5.41) is 2.60. The Morgan fingerprint density at radius 2 is 1.90 bits per heavy atom. The third-order valence-corrected chi connectivity index (χ3v) is 2.98. The van der Waals surface area contributed by atoms with Crippen molar-refractivity contribution in [2.24, 2.45) is 0 Å². The third kappa shape index (κ3) is 3.47. The Bertz CT molecular complexity index is 690. The van der Waals surface area contributed by atoms with Crippen LogP contribution in [0, 0.1) is 0 Å². The van der Waals surface area contributed by atoms with Crippen LogP contribution in [0.1, 0.15) is 30.2 Å². The van der Waals surface area contributed by atoms with Crippen molar-refractivity contribution in [3.05, 3.63) is 52.6 Å². The van der Waals surface area contributed by atoms with Crippen molar-refractivity contribution < 1.29 is 9.53 Å². The highest BCUT2D eigenvalue weighted by Crippen LogP contribution is 2.12. The van der Waals surface area contributed by atoms with Gasteiger partial charge in [-0.1, -0.05) is 0 Å². The zero-order chi connectivity index (χ0) is 15.4. The van der Waals surface area contributed by atoms with E-state index in [4.69, 9.17) is 4.74 Å². The number of nitrogens with one attached hydrogen (secondary N) is 1. The van der Waals surface area contributed by atoms with Crippen molar-refractivity contribution >= 4 is 11.7 Å². The van der Waals surface area contributed by atoms with Crippen molar-refractivity contribution in [2.45, 2.75) is 19.9 Å². The van der Waals surface area contributed by atoms with Gasteiger partial charge >= 0.3 is 5.69 Å². The van der Waals surface area contributed by atoms with E-state index in [2.05, 4.69) is 10.3 Å². The van der Waals surface area contributed by atoms with Crippen LogP contribution in [0.15, 0.2) is 41.3 Å². The maximum atomic E-state index is 12.0. The zero-order valence-electron chi connectivity index (χ0n) is 12.2. The minimum absolute atomic E-state index is 0.0244. The molecular formula is C15H17N3O3. The van der Waals surface area contributed by atoms with E-state index in [0.717, 1.165) is 0 Å². The highest BCUT2D eigenvalue weighted by Gasteiger charge is 2.09. The Labute approximate surface area is 122 Å². The number of rotatable bonds is 4. The molecule has 0 radical (unpaired) electrons. The molecule has 6 nitrogen and oxygen atoms in total. The molecule has 0 spiro atoms. The third-order valence-electron chi connectivity index (χ3n) is 2.98. The van der Waals surface area contributed by atoms with E-state index in [1.807, 2.05) is 13.8 Å². The average Bonchev–Trinajstić information content (AvgIpc) is 2.47. The quantitative estimate of drug-likeness (QED) is 0.934. The number of carbonyl (C=O) groups excluding carboxylic acids is 1. The molecule has 0 fully saturated rings. The van der Waals surface area contributed by atoms with Gasteiger partial charge in [0, 0.05) is 17.8 Å². The minimum Gasteiger partial charge on any atom is -0.497 e. The molecule has 1 aromatic heterocycles. The van der Waals surface area contributed by atoms with Crippen LogP contribution in [0.4, 0.5) is 5.82 Å². The van der Waals surface area contributed by atoms with Gasteiger partial charge in [0.1, 0.15) is 11.6 Å². The van der Waals surface area contributed by atoms with Gasteiger partial charge in [-0.05, 0) is 44.2 Å². The largest absolute Gasteiger partial charge is 0.497 e. The first-order chi connectivity index (χ1) is 10.0. The molecule has 110 valence electrons. The molecule has 0 atom stereocenters. The number of ether oxygens (including phenoxy) is 1. The first-order valence-corrected chi connectivity index (χ1v) is 6.56. The van der Waals surface area contributed by atoms with Crippen LogP contribution < -0.4 is 15.7 Å². The fourth-order valence-corrected chi connectivity index (χ4v) is 1.81. The molecule has 0 bridgehead atoms. The normalized spacial score (nSPS) is 10.5. The molecule has 0 aliphatic rings. The van der Waals surface area contributed by atoms with Crippen LogP contribution in [0.25, 0.3) is 0 Å². The van der Waals surface area contributed by atoms with E-state index in [1.54, 1.807) is 43.6 Å². The van der Waals surface area contributed by atoms with Gasteiger partial charge in [0.25, 0.3) is 5.91 Å². The summed E-state index contributed by atoms with van der Waals surface area (Å²) in [6.07, 6.45) is 1.61. The van der Waals surface area contributed by atoms with Crippen LogP contribution in [0.5, 0.6) is 5.75 Å². The van der Waals surface area contributed by atoms with Gasteiger partial charge in [0.2, 0.25) is 0 Å². The van der Waals surface area contributed by atoms with Crippen molar-refractivity contribution in [2.75, 3.05) is 12.4 Å². The van der Waals surface area contributed by atoms with Gasteiger partial charge < -0.3 is 10.1 Å². The monoisotopic (exact) mass is 287 g/mol. The fourth-order valence-electron chi connectivity index (χ4n) is 1.81. The predicted octanol–water partition coefficient (Wildman–Crippen LogP) is 2.09. The molecule has 2 aromatic rings. The molecule has 0 saturated heterocycles. The molecule has 0 saturated carbocycles. The number of amides is 1. The van der Waals surface area contributed by atoms with E-state index in [0.29, 0.717) is 11.3 Å². The van der Waals surface area contributed by atoms with E-state index in [1.165, 1.54) is 4.57 Å². The Morgan fingerprint density at radius 1 is 1.24 bits per heavy atom. The summed E-state index contributed by atoms with van der Waals surface area (Å²) in [4.78, 5) is 27.7. The molecule has 0 aliphatic carbocycles. The van der Waals surface area contributed by atoms with Gasteiger partial charge in [-0.25, -0.2) is 4.79 Å². The average molecular weight is 287 g/mol. The van der Waals surface area contributed by atoms with Gasteiger partial charge in [-0.2, -0.15) is 4.98 Å². The van der Waals surface area contributed by atoms with Crippen LogP contribution in [-0.4, -0.2) is 22.6 Å². The van der Waals surface area contributed by atoms with Gasteiger partial charge in [-0.3, -0.25) is 9.36 Å². The minimum atomic E-state index is -0.391. The Balaban J connectivity index is 2.15. The predicted molar refractivity (Wildman–Crippen MR) is 79.8 cm³/mol. The highest BCUT2D eigenvalue weighted by molar-refractivity contribution is 6.03. The number of anilines is 1. The first-order valence-electron chi connectivity index (χ1n) is 6.56. The number of hydrogen-bond acceptors (Lipinski definition) is 4. The van der Waals surface area contributed by atoms with Gasteiger partial charge in [0.05, 0.1) is 7.11 Å². The summed E-state index contributed by atoms with van der Waals surface area (Å²) in [6.45, 7) is 3.78. The summed E-state index contributed by atoms with van der Waals surface area (Å²) in [5.41, 5.74) is 0.0724. The van der Waals surface area contributed by atoms with Gasteiger partial charge in [-0.15, -0.1) is 0 Å². The lowest BCUT2D eigenvalue weighted by Gasteiger charge is -2.10. The number of methoxy groups -OCH3 is 1. The van der Waals surface area contributed by atoms with Crippen molar-refractivity contribution in [3.63, 3.8) is 0 Å². The van der Waals surface area contributed by atoms with Crippen LogP contribution in [0.2, 0.25) is 0 Å². The smallest absolute Gasteiger partial charge is 0.349 e. The van der Waals surface area contributed by atoms with Crippen LogP contribution in [-0.2, 0) is 0 Å². The Kier molecular flexibility index (Phi) is 4.37. The maximum absolute atomic E-state index is 12.0. The lowest BCUT2D eigenvalue weighted by molar-refractivity contribution is 0.102. The Morgan fingerprint density at radius 3 is 2.43 bits per heavy atom. The van der Waals surface area contributed by atoms with E-state index in [-0.39, 0.29) is 17.8 Å². The second-order valence-electron chi connectivity index (χ2n) is 4.78. The molecule has 1 amide bonds. The molecule has 0 aliphatic heterocycles. The summed E-state index contributed by atoms with van der Waals surface area (Å²) < 4.78 is 6.52. The summed E-state index contributed by atoms with van der Waals surface area (Å²) >= 11 is 0. The van der Waals surface area contributed by atoms with Crippen molar-refractivity contribution in [1.82, 2.24) is 9.55 Å². The second kappa shape index (κ2) is 6.21. The summed E-state index contributed by atoms with van der Waals surface area (Å²) in [7, 11) is 1.56. The topological polar surface area (TPSA) is 73.2 Å². The zero-order valence-corrected chi connectivity index (χ0v) is 12.2. The summed E-state index contributed by atoms with van der Waals surface area (Å²) in [5.74, 6) is 0.578. The number of benzene rings is 1. The van der Waals surface area contributed by atoms with E-state index < -0.39 is 5.69 Å². The van der Waals surface area contributed by atoms with Crippen LogP contribution in [0.3, 0.4) is 0 Å². The fraction of sp³-hybridized carbons (Fsp3) is 0.267. The molecule has 21 heavy (non-hydrogen) atoms. The highest BCUT2D eigenvalue weighted by atomic mass is 16.5. The molecule has 6 heteroatoms. The number of nitrogens with zero attached hydrogens (tertiary/aromatic N) is 2. The van der Waals surface area contributed by atoms with Crippen molar-refractivity contribution in [3.8, 4) is 5.75 Å². The molecule has 1 N–H and O–H groups in total. The van der Waals surface area contributed by atoms with E-state index >= 15 is 0 Å². The van der Waals surface area contributed by atoms with Gasteiger partial charge in [0.15, 0.2) is 0 Å². The first kappa shape index (κ1) is 14.8. The van der Waals surface area contributed by atoms with E-state index in [9.17, 15) is 9.59 Å². The number of aromatic nitrogens is 2. The molecule has 2 rings (SSSR count). The number of hydrogen-bond donors (Lipinski definition) is 1.